The van der Waals surface area contributed by atoms with E-state index < -0.39 is 0 Å². The molecular weight excluding hydrogens is 212 g/mol. The fraction of sp³-hybridized carbons (Fsp3) is 0.286. The molecule has 3 rings (SSSR count). The Labute approximate surface area is 100 Å². The molecule has 0 amide bonds. The van der Waals surface area contributed by atoms with Crippen LogP contribution >= 0.6 is 0 Å². The molecule has 0 radical (unpaired) electrons. The summed E-state index contributed by atoms with van der Waals surface area (Å²) in [5.74, 6) is 1.49. The summed E-state index contributed by atoms with van der Waals surface area (Å²) in [6, 6.07) is 12.1. The average molecular weight is 226 g/mol. The molecular formula is C14H14N2O. The highest BCUT2D eigenvalue weighted by molar-refractivity contribution is 5.79. The minimum atomic E-state index is 0.564. The summed E-state index contributed by atoms with van der Waals surface area (Å²) in [5.41, 5.74) is 2.20. The highest BCUT2D eigenvalue weighted by atomic mass is 16.5. The molecule has 1 aliphatic rings. The Bertz CT molecular complexity index is 512. The van der Waals surface area contributed by atoms with Crippen LogP contribution in [0.25, 0.3) is 0 Å². The van der Waals surface area contributed by atoms with Crippen molar-refractivity contribution in [2.75, 3.05) is 0 Å². The normalized spacial score (nSPS) is 15.5. The third-order valence-electron chi connectivity index (χ3n) is 2.86. The van der Waals surface area contributed by atoms with E-state index in [2.05, 4.69) is 10.1 Å². The lowest BCUT2D eigenvalue weighted by Gasteiger charge is -1.90. The zero-order valence-electron chi connectivity index (χ0n) is 9.54. The zero-order valence-corrected chi connectivity index (χ0v) is 9.54. The second-order valence-electron chi connectivity index (χ2n) is 4.37. The number of benzene rings is 1. The van der Waals surface area contributed by atoms with Crippen LogP contribution in [-0.2, 0) is 6.54 Å². The highest BCUT2D eigenvalue weighted by Crippen LogP contribution is 2.39. The number of nitrogens with zero attached hydrogens (tertiary/aromatic N) is 2. The van der Waals surface area contributed by atoms with Gasteiger partial charge in [-0.05, 0) is 18.4 Å². The maximum atomic E-state index is 5.24. The predicted octanol–water partition coefficient (Wildman–Crippen LogP) is 3.17. The van der Waals surface area contributed by atoms with Crippen LogP contribution in [-0.4, -0.2) is 11.4 Å². The van der Waals surface area contributed by atoms with Crippen LogP contribution in [0.3, 0.4) is 0 Å². The van der Waals surface area contributed by atoms with Gasteiger partial charge in [-0.2, -0.15) is 0 Å². The Morgan fingerprint density at radius 3 is 2.88 bits per heavy atom. The standard InChI is InChI=1S/C14H14N2O/c1-2-4-11(5-3-1)9-15-10-13-8-14(16-17-13)12-6-7-12/h1-5,8-9,12H,6-7,10H2/b15-9+. The van der Waals surface area contributed by atoms with Gasteiger partial charge in [-0.3, -0.25) is 4.99 Å². The molecule has 1 aromatic heterocycles. The molecule has 3 nitrogen and oxygen atoms in total. The molecule has 0 N–H and O–H groups in total. The van der Waals surface area contributed by atoms with Crippen molar-refractivity contribution in [3.8, 4) is 0 Å². The quantitative estimate of drug-likeness (QED) is 0.751. The number of aromatic nitrogens is 1. The molecule has 0 bridgehead atoms. The number of hydrogen-bond donors (Lipinski definition) is 0. The summed E-state index contributed by atoms with van der Waals surface area (Å²) in [6.45, 7) is 0.564. The Hall–Kier alpha value is -1.90. The van der Waals surface area contributed by atoms with E-state index in [4.69, 9.17) is 4.52 Å². The van der Waals surface area contributed by atoms with Gasteiger partial charge in [-0.1, -0.05) is 35.5 Å². The number of rotatable bonds is 4. The second-order valence-corrected chi connectivity index (χ2v) is 4.37. The van der Waals surface area contributed by atoms with Gasteiger partial charge in [0.25, 0.3) is 0 Å². The van der Waals surface area contributed by atoms with Crippen LogP contribution in [0.4, 0.5) is 0 Å². The van der Waals surface area contributed by atoms with E-state index in [0.717, 1.165) is 17.0 Å². The Balaban J connectivity index is 1.61. The molecule has 17 heavy (non-hydrogen) atoms. The van der Waals surface area contributed by atoms with Gasteiger partial charge in [-0.15, -0.1) is 0 Å². The maximum absolute atomic E-state index is 5.24. The van der Waals surface area contributed by atoms with Crippen molar-refractivity contribution >= 4 is 6.21 Å². The molecule has 0 saturated heterocycles. The summed E-state index contributed by atoms with van der Waals surface area (Å²) in [4.78, 5) is 4.35. The second kappa shape index (κ2) is 4.53. The van der Waals surface area contributed by atoms with Crippen LogP contribution in [0.1, 0.15) is 35.8 Å². The molecule has 1 aliphatic carbocycles. The molecule has 0 aliphatic heterocycles. The first-order chi connectivity index (χ1) is 8.42. The van der Waals surface area contributed by atoms with E-state index >= 15 is 0 Å². The summed E-state index contributed by atoms with van der Waals surface area (Å²) >= 11 is 0. The molecule has 1 aromatic carbocycles. The third-order valence-corrected chi connectivity index (χ3v) is 2.86. The number of hydrogen-bond acceptors (Lipinski definition) is 3. The van der Waals surface area contributed by atoms with Crippen molar-refractivity contribution in [3.63, 3.8) is 0 Å². The van der Waals surface area contributed by atoms with E-state index in [0.29, 0.717) is 12.5 Å². The Kier molecular flexibility index (Phi) is 2.74. The van der Waals surface area contributed by atoms with Crippen molar-refractivity contribution in [2.45, 2.75) is 25.3 Å². The van der Waals surface area contributed by atoms with Crippen LogP contribution < -0.4 is 0 Å². The van der Waals surface area contributed by atoms with Crippen molar-refractivity contribution in [1.29, 1.82) is 0 Å². The molecule has 0 unspecified atom stereocenters. The first-order valence-corrected chi connectivity index (χ1v) is 5.92. The highest BCUT2D eigenvalue weighted by Gasteiger charge is 2.26. The van der Waals surface area contributed by atoms with E-state index in [1.54, 1.807) is 0 Å². The topological polar surface area (TPSA) is 38.4 Å². The lowest BCUT2D eigenvalue weighted by atomic mass is 10.2. The molecule has 0 spiro atoms. The third kappa shape index (κ3) is 2.61. The molecule has 86 valence electrons. The predicted molar refractivity (Wildman–Crippen MR) is 66.2 cm³/mol. The lowest BCUT2D eigenvalue weighted by Crippen LogP contribution is -1.81. The van der Waals surface area contributed by atoms with Crippen molar-refractivity contribution in [1.82, 2.24) is 5.16 Å². The summed E-state index contributed by atoms with van der Waals surface area (Å²) < 4.78 is 5.24. The van der Waals surface area contributed by atoms with Crippen LogP contribution in [0.15, 0.2) is 45.9 Å². The smallest absolute Gasteiger partial charge is 0.158 e. The van der Waals surface area contributed by atoms with Gasteiger partial charge >= 0.3 is 0 Å². The van der Waals surface area contributed by atoms with E-state index in [1.165, 1.54) is 12.8 Å². The lowest BCUT2D eigenvalue weighted by molar-refractivity contribution is 0.379. The molecule has 1 heterocycles. The first kappa shape index (κ1) is 10.3. The van der Waals surface area contributed by atoms with Crippen LogP contribution in [0.5, 0.6) is 0 Å². The minimum Gasteiger partial charge on any atom is -0.359 e. The summed E-state index contributed by atoms with van der Waals surface area (Å²) in [6.07, 6.45) is 4.36. The van der Waals surface area contributed by atoms with Crippen LogP contribution in [0.2, 0.25) is 0 Å². The van der Waals surface area contributed by atoms with Crippen molar-refractivity contribution in [3.05, 3.63) is 53.4 Å². The molecule has 2 aromatic rings. The Morgan fingerprint density at radius 1 is 1.29 bits per heavy atom. The van der Waals surface area contributed by atoms with Gasteiger partial charge in [0.2, 0.25) is 0 Å². The zero-order chi connectivity index (χ0) is 11.5. The molecule has 3 heteroatoms. The SMILES string of the molecule is C(=N\Cc1cc(C2CC2)no1)/c1ccccc1. The average Bonchev–Trinajstić information content (AvgIpc) is 3.11. The van der Waals surface area contributed by atoms with Gasteiger partial charge in [0.1, 0.15) is 0 Å². The van der Waals surface area contributed by atoms with Gasteiger partial charge in [-0.25, -0.2) is 0 Å². The van der Waals surface area contributed by atoms with Gasteiger partial charge in [0, 0.05) is 18.2 Å². The minimum absolute atomic E-state index is 0.564. The molecule has 0 atom stereocenters. The van der Waals surface area contributed by atoms with E-state index in [1.807, 2.05) is 42.6 Å². The fourth-order valence-corrected chi connectivity index (χ4v) is 1.76. The largest absolute Gasteiger partial charge is 0.359 e. The van der Waals surface area contributed by atoms with Gasteiger partial charge in [0.05, 0.1) is 12.2 Å². The van der Waals surface area contributed by atoms with Crippen LogP contribution in [0, 0.1) is 0 Å². The molecule has 1 fully saturated rings. The Morgan fingerprint density at radius 2 is 2.12 bits per heavy atom. The van der Waals surface area contributed by atoms with Crippen molar-refractivity contribution in [2.24, 2.45) is 4.99 Å². The molecule has 1 saturated carbocycles. The van der Waals surface area contributed by atoms with Crippen molar-refractivity contribution < 1.29 is 4.52 Å². The summed E-state index contributed by atoms with van der Waals surface area (Å²) in [5, 5.41) is 4.05. The summed E-state index contributed by atoms with van der Waals surface area (Å²) in [7, 11) is 0. The first-order valence-electron chi connectivity index (χ1n) is 5.92. The maximum Gasteiger partial charge on any atom is 0.158 e. The monoisotopic (exact) mass is 226 g/mol. The van der Waals surface area contributed by atoms with E-state index in [-0.39, 0.29) is 0 Å². The van der Waals surface area contributed by atoms with Gasteiger partial charge < -0.3 is 4.52 Å². The fourth-order valence-electron chi connectivity index (χ4n) is 1.76. The van der Waals surface area contributed by atoms with E-state index in [9.17, 15) is 0 Å². The number of aliphatic imine (C=N–C) groups is 1. The van der Waals surface area contributed by atoms with Gasteiger partial charge in [0.15, 0.2) is 5.76 Å².